The molecule has 0 radical (unpaired) electrons. The summed E-state index contributed by atoms with van der Waals surface area (Å²) < 4.78 is 10.3. The van der Waals surface area contributed by atoms with Crippen LogP contribution in [0.2, 0.25) is 0 Å². The summed E-state index contributed by atoms with van der Waals surface area (Å²) in [6, 6.07) is 3.15. The van der Waals surface area contributed by atoms with Crippen LogP contribution >= 0.6 is 11.3 Å². The highest BCUT2D eigenvalue weighted by Crippen LogP contribution is 2.31. The number of aromatic nitrogens is 1. The number of hydrogen-bond donors (Lipinski definition) is 2. The van der Waals surface area contributed by atoms with E-state index < -0.39 is 0 Å². The molecule has 1 heterocycles. The van der Waals surface area contributed by atoms with E-state index in [4.69, 9.17) is 15.2 Å². The number of nitrogens with one attached hydrogen (secondary N) is 1. The molecule has 1 aromatic heterocycles. The van der Waals surface area contributed by atoms with Gasteiger partial charge in [-0.2, -0.15) is 0 Å². The van der Waals surface area contributed by atoms with Gasteiger partial charge in [-0.15, -0.1) is 11.3 Å². The zero-order valence-electron chi connectivity index (χ0n) is 11.9. The Hall–Kier alpha value is -2.28. The van der Waals surface area contributed by atoms with Gasteiger partial charge in [-0.25, -0.2) is 4.98 Å². The maximum absolute atomic E-state index is 12.2. The van der Waals surface area contributed by atoms with Gasteiger partial charge in [0.15, 0.2) is 11.5 Å². The minimum absolute atomic E-state index is 0.247. The number of carbonyl (C=O) groups excluding carboxylic acids is 1. The molecule has 7 heteroatoms. The smallest absolute Gasteiger partial charge is 0.253 e. The molecule has 0 unspecified atom stereocenters. The Morgan fingerprint density at radius 3 is 2.67 bits per heavy atom. The van der Waals surface area contributed by atoms with Crippen molar-refractivity contribution in [3.63, 3.8) is 0 Å². The largest absolute Gasteiger partial charge is 0.493 e. The van der Waals surface area contributed by atoms with Crippen LogP contribution in [0.15, 0.2) is 23.0 Å². The van der Waals surface area contributed by atoms with Crippen molar-refractivity contribution in [2.24, 2.45) is 0 Å². The Kier molecular flexibility index (Phi) is 4.99. The van der Waals surface area contributed by atoms with Crippen molar-refractivity contribution in [3.8, 4) is 11.5 Å². The molecular formula is C14H17N3O3S. The van der Waals surface area contributed by atoms with Gasteiger partial charge in [-0.3, -0.25) is 4.79 Å². The number of hydrogen-bond acceptors (Lipinski definition) is 6. The van der Waals surface area contributed by atoms with Crippen LogP contribution in [0.5, 0.6) is 11.5 Å². The van der Waals surface area contributed by atoms with Gasteiger partial charge in [0.05, 0.1) is 31.0 Å². The summed E-state index contributed by atoms with van der Waals surface area (Å²) in [5.74, 6) is 0.717. The quantitative estimate of drug-likeness (QED) is 0.794. The first-order valence-electron chi connectivity index (χ1n) is 6.32. The molecule has 6 nitrogen and oxygen atoms in total. The molecule has 0 aliphatic carbocycles. The fourth-order valence-corrected chi connectivity index (χ4v) is 2.44. The molecule has 0 bridgehead atoms. The first-order chi connectivity index (χ1) is 10.2. The van der Waals surface area contributed by atoms with E-state index >= 15 is 0 Å². The molecule has 2 rings (SSSR count). The number of methoxy groups -OCH3 is 2. The molecule has 0 aliphatic rings. The standard InChI is InChI=1S/C14H17N3O3S/c1-19-12-5-10(11(15)6-13(12)20-2)14(18)16-4-3-9-7-21-8-17-9/h5-8H,3-4,15H2,1-2H3,(H,16,18). The lowest BCUT2D eigenvalue weighted by molar-refractivity contribution is 0.0954. The van der Waals surface area contributed by atoms with Gasteiger partial charge in [-0.05, 0) is 6.07 Å². The predicted octanol–water partition coefficient (Wildman–Crippen LogP) is 1.72. The van der Waals surface area contributed by atoms with Gasteiger partial charge in [0.2, 0.25) is 0 Å². The maximum Gasteiger partial charge on any atom is 0.253 e. The number of rotatable bonds is 6. The van der Waals surface area contributed by atoms with Crippen molar-refractivity contribution in [1.29, 1.82) is 0 Å². The van der Waals surface area contributed by atoms with E-state index in [9.17, 15) is 4.79 Å². The maximum atomic E-state index is 12.2. The first-order valence-corrected chi connectivity index (χ1v) is 7.26. The Morgan fingerprint density at radius 2 is 2.05 bits per heavy atom. The summed E-state index contributed by atoms with van der Waals surface area (Å²) >= 11 is 1.53. The molecule has 0 saturated heterocycles. The van der Waals surface area contributed by atoms with Gasteiger partial charge in [0, 0.05) is 30.1 Å². The number of benzene rings is 1. The lowest BCUT2D eigenvalue weighted by Gasteiger charge is -2.12. The molecule has 0 atom stereocenters. The zero-order chi connectivity index (χ0) is 15.2. The number of amides is 1. The molecule has 2 aromatic rings. The van der Waals surface area contributed by atoms with Crippen LogP contribution in [0.1, 0.15) is 16.1 Å². The van der Waals surface area contributed by atoms with Crippen LogP contribution in [0.25, 0.3) is 0 Å². The highest BCUT2D eigenvalue weighted by atomic mass is 32.1. The lowest BCUT2D eigenvalue weighted by Crippen LogP contribution is -2.26. The Bertz CT molecular complexity index is 614. The predicted molar refractivity (Wildman–Crippen MR) is 82.1 cm³/mol. The Labute approximate surface area is 126 Å². The molecule has 112 valence electrons. The SMILES string of the molecule is COc1cc(N)c(C(=O)NCCc2cscn2)cc1OC. The third-order valence-corrected chi connectivity index (χ3v) is 3.59. The van der Waals surface area contributed by atoms with E-state index in [-0.39, 0.29) is 5.91 Å². The van der Waals surface area contributed by atoms with E-state index in [1.807, 2.05) is 5.38 Å². The second-order valence-electron chi connectivity index (χ2n) is 4.28. The van der Waals surface area contributed by atoms with Crippen LogP contribution < -0.4 is 20.5 Å². The lowest BCUT2D eigenvalue weighted by atomic mass is 10.1. The normalized spacial score (nSPS) is 10.2. The van der Waals surface area contributed by atoms with Crippen LogP contribution in [-0.4, -0.2) is 31.7 Å². The Balaban J connectivity index is 2.04. The van der Waals surface area contributed by atoms with Crippen LogP contribution in [-0.2, 0) is 6.42 Å². The average molecular weight is 307 g/mol. The zero-order valence-corrected chi connectivity index (χ0v) is 12.7. The second-order valence-corrected chi connectivity index (χ2v) is 5.00. The molecule has 21 heavy (non-hydrogen) atoms. The molecular weight excluding hydrogens is 290 g/mol. The number of nitrogen functional groups attached to an aromatic ring is 1. The molecule has 1 amide bonds. The van der Waals surface area contributed by atoms with Gasteiger partial charge in [0.1, 0.15) is 0 Å². The van der Waals surface area contributed by atoms with Crippen LogP contribution in [0, 0.1) is 0 Å². The van der Waals surface area contributed by atoms with Crippen LogP contribution in [0.4, 0.5) is 5.69 Å². The summed E-state index contributed by atoms with van der Waals surface area (Å²) in [6.07, 6.45) is 0.683. The third kappa shape index (κ3) is 3.63. The van der Waals surface area contributed by atoms with Gasteiger partial charge in [-0.1, -0.05) is 0 Å². The summed E-state index contributed by atoms with van der Waals surface area (Å²) in [5, 5.41) is 4.77. The van der Waals surface area contributed by atoms with Crippen molar-refractivity contribution in [3.05, 3.63) is 34.3 Å². The number of nitrogens with zero attached hydrogens (tertiary/aromatic N) is 1. The summed E-state index contributed by atoms with van der Waals surface area (Å²) in [7, 11) is 3.03. The van der Waals surface area contributed by atoms with Gasteiger partial charge < -0.3 is 20.5 Å². The highest BCUT2D eigenvalue weighted by molar-refractivity contribution is 7.07. The van der Waals surface area contributed by atoms with Gasteiger partial charge in [0.25, 0.3) is 5.91 Å². The van der Waals surface area contributed by atoms with Crippen molar-refractivity contribution >= 4 is 22.9 Å². The first kappa shape index (κ1) is 15.1. The van der Waals surface area contributed by atoms with Crippen molar-refractivity contribution in [2.45, 2.75) is 6.42 Å². The number of anilines is 1. The summed E-state index contributed by atoms with van der Waals surface area (Å²) in [5.41, 5.74) is 9.32. The summed E-state index contributed by atoms with van der Waals surface area (Å²) in [6.45, 7) is 0.496. The number of nitrogens with two attached hydrogens (primary N) is 1. The third-order valence-electron chi connectivity index (χ3n) is 2.95. The number of thiazole rings is 1. The topological polar surface area (TPSA) is 86.5 Å². The molecule has 0 spiro atoms. The van der Waals surface area contributed by atoms with E-state index in [2.05, 4.69) is 10.3 Å². The molecule has 0 fully saturated rings. The van der Waals surface area contributed by atoms with Crippen LogP contribution in [0.3, 0.4) is 0 Å². The second kappa shape index (κ2) is 6.94. The molecule has 3 N–H and O–H groups in total. The molecule has 0 aliphatic heterocycles. The molecule has 1 aromatic carbocycles. The molecule has 0 saturated carbocycles. The fraction of sp³-hybridized carbons (Fsp3) is 0.286. The summed E-state index contributed by atoms with van der Waals surface area (Å²) in [4.78, 5) is 16.3. The van der Waals surface area contributed by atoms with E-state index in [0.29, 0.717) is 35.7 Å². The Morgan fingerprint density at radius 1 is 1.33 bits per heavy atom. The highest BCUT2D eigenvalue weighted by Gasteiger charge is 2.15. The van der Waals surface area contributed by atoms with Crippen molar-refractivity contribution in [2.75, 3.05) is 26.5 Å². The van der Waals surface area contributed by atoms with Crippen molar-refractivity contribution in [1.82, 2.24) is 10.3 Å². The number of ether oxygens (including phenoxy) is 2. The van der Waals surface area contributed by atoms with Gasteiger partial charge >= 0.3 is 0 Å². The number of carbonyl (C=O) groups is 1. The van der Waals surface area contributed by atoms with E-state index in [0.717, 1.165) is 5.69 Å². The van der Waals surface area contributed by atoms with Crippen molar-refractivity contribution < 1.29 is 14.3 Å². The fourth-order valence-electron chi connectivity index (χ4n) is 1.85. The minimum atomic E-state index is -0.247. The van der Waals surface area contributed by atoms with E-state index in [1.165, 1.54) is 25.6 Å². The monoisotopic (exact) mass is 307 g/mol. The minimum Gasteiger partial charge on any atom is -0.493 e. The average Bonchev–Trinajstić information content (AvgIpc) is 3.00. The van der Waals surface area contributed by atoms with E-state index in [1.54, 1.807) is 17.6 Å².